The quantitative estimate of drug-likeness (QED) is 0.675. The number of ether oxygens (including phenoxy) is 2. The molecule has 1 aromatic carbocycles. The van der Waals surface area contributed by atoms with Gasteiger partial charge in [0, 0.05) is 0 Å². The van der Waals surface area contributed by atoms with Crippen molar-refractivity contribution in [1.82, 2.24) is 0 Å². The van der Waals surface area contributed by atoms with Gasteiger partial charge < -0.3 is 20.1 Å². The number of fused-ring (bicyclic) bond motifs is 1. The van der Waals surface area contributed by atoms with Gasteiger partial charge >= 0.3 is 5.97 Å². The number of nitrogen functional groups attached to an aromatic ring is 1. The standard InChI is InChI=1S/C15H22N2O3/c1-4-10(2)20-15(18)11(3)17-8-9-19-13-7-5-6-12(16)14(13)17/h5-7,10-11H,4,8-9,16H2,1-3H3. The molecule has 0 radical (unpaired) electrons. The van der Waals surface area contributed by atoms with Crippen LogP contribution in [-0.4, -0.2) is 31.3 Å². The minimum Gasteiger partial charge on any atom is -0.489 e. The Kier molecular flexibility index (Phi) is 4.37. The number of hydrogen-bond donors (Lipinski definition) is 1. The Hall–Kier alpha value is -1.91. The lowest BCUT2D eigenvalue weighted by atomic mass is 10.1. The van der Waals surface area contributed by atoms with Gasteiger partial charge in [-0.25, -0.2) is 4.79 Å². The second kappa shape index (κ2) is 6.03. The maximum absolute atomic E-state index is 12.2. The van der Waals surface area contributed by atoms with Crippen LogP contribution in [0.2, 0.25) is 0 Å². The van der Waals surface area contributed by atoms with Crippen LogP contribution in [0.3, 0.4) is 0 Å². The van der Waals surface area contributed by atoms with Crippen molar-refractivity contribution in [2.75, 3.05) is 23.8 Å². The summed E-state index contributed by atoms with van der Waals surface area (Å²) in [7, 11) is 0. The average molecular weight is 278 g/mol. The summed E-state index contributed by atoms with van der Waals surface area (Å²) in [5.41, 5.74) is 7.42. The number of benzene rings is 1. The molecule has 1 aliphatic rings. The van der Waals surface area contributed by atoms with E-state index in [1.54, 1.807) is 0 Å². The summed E-state index contributed by atoms with van der Waals surface area (Å²) in [5.74, 6) is 0.495. The highest BCUT2D eigenvalue weighted by atomic mass is 16.5. The van der Waals surface area contributed by atoms with Gasteiger partial charge in [0.05, 0.1) is 18.3 Å². The number of nitrogens with two attached hydrogens (primary N) is 1. The van der Waals surface area contributed by atoms with Crippen molar-refractivity contribution >= 4 is 17.3 Å². The van der Waals surface area contributed by atoms with E-state index in [0.29, 0.717) is 18.8 Å². The van der Waals surface area contributed by atoms with Crippen molar-refractivity contribution < 1.29 is 14.3 Å². The first kappa shape index (κ1) is 14.5. The van der Waals surface area contributed by atoms with E-state index >= 15 is 0 Å². The van der Waals surface area contributed by atoms with E-state index in [1.807, 2.05) is 43.9 Å². The maximum Gasteiger partial charge on any atom is 0.328 e. The molecule has 1 heterocycles. The summed E-state index contributed by atoms with van der Waals surface area (Å²) in [4.78, 5) is 14.1. The van der Waals surface area contributed by atoms with Gasteiger partial charge in [-0.3, -0.25) is 0 Å². The van der Waals surface area contributed by atoms with Gasteiger partial charge in [0.2, 0.25) is 0 Å². The molecule has 0 spiro atoms. The van der Waals surface area contributed by atoms with Crippen molar-refractivity contribution in [3.8, 4) is 5.75 Å². The largest absolute Gasteiger partial charge is 0.489 e. The predicted molar refractivity (Wildman–Crippen MR) is 79.0 cm³/mol. The summed E-state index contributed by atoms with van der Waals surface area (Å²) in [6, 6.07) is 5.15. The number of nitrogens with zero attached hydrogens (tertiary/aromatic N) is 1. The van der Waals surface area contributed by atoms with E-state index in [9.17, 15) is 4.79 Å². The highest BCUT2D eigenvalue weighted by molar-refractivity contribution is 5.85. The lowest BCUT2D eigenvalue weighted by Gasteiger charge is -2.35. The Morgan fingerprint density at radius 3 is 2.95 bits per heavy atom. The molecule has 0 aromatic heterocycles. The normalized spacial score (nSPS) is 16.9. The van der Waals surface area contributed by atoms with E-state index in [2.05, 4.69) is 0 Å². The number of anilines is 2. The third-order valence-corrected chi connectivity index (χ3v) is 3.61. The highest BCUT2D eigenvalue weighted by Gasteiger charge is 2.30. The Balaban J connectivity index is 2.20. The molecule has 0 saturated carbocycles. The number of esters is 1. The zero-order valence-electron chi connectivity index (χ0n) is 12.3. The van der Waals surface area contributed by atoms with Gasteiger partial charge in [-0.2, -0.15) is 0 Å². The SMILES string of the molecule is CCC(C)OC(=O)C(C)N1CCOc2cccc(N)c21. The molecule has 1 aliphatic heterocycles. The first-order valence-corrected chi connectivity index (χ1v) is 7.03. The number of para-hydroxylation sites is 1. The summed E-state index contributed by atoms with van der Waals surface area (Å²) < 4.78 is 11.0. The molecule has 2 rings (SSSR count). The van der Waals surface area contributed by atoms with Crippen molar-refractivity contribution in [3.63, 3.8) is 0 Å². The Morgan fingerprint density at radius 1 is 1.50 bits per heavy atom. The summed E-state index contributed by atoms with van der Waals surface area (Å²) in [6.07, 6.45) is 0.735. The van der Waals surface area contributed by atoms with Crippen LogP contribution in [0, 0.1) is 0 Å². The van der Waals surface area contributed by atoms with Gasteiger partial charge in [-0.15, -0.1) is 0 Å². The third-order valence-electron chi connectivity index (χ3n) is 3.61. The van der Waals surface area contributed by atoms with Crippen LogP contribution < -0.4 is 15.4 Å². The third kappa shape index (κ3) is 2.81. The van der Waals surface area contributed by atoms with E-state index in [1.165, 1.54) is 0 Å². The second-order valence-electron chi connectivity index (χ2n) is 5.07. The molecule has 20 heavy (non-hydrogen) atoms. The molecule has 2 atom stereocenters. The Bertz CT molecular complexity index is 490. The molecule has 0 bridgehead atoms. The Labute approximate surface area is 119 Å². The lowest BCUT2D eigenvalue weighted by molar-refractivity contribution is -0.149. The molecule has 1 aromatic rings. The van der Waals surface area contributed by atoms with Crippen LogP contribution in [0.15, 0.2) is 18.2 Å². The van der Waals surface area contributed by atoms with Crippen LogP contribution in [0.1, 0.15) is 27.2 Å². The Morgan fingerprint density at radius 2 is 2.25 bits per heavy atom. The molecule has 2 unspecified atom stereocenters. The first-order chi connectivity index (χ1) is 9.54. The molecule has 5 heteroatoms. The van der Waals surface area contributed by atoms with E-state index in [4.69, 9.17) is 15.2 Å². The van der Waals surface area contributed by atoms with Crippen LogP contribution in [0.5, 0.6) is 5.75 Å². The smallest absolute Gasteiger partial charge is 0.328 e. The zero-order chi connectivity index (χ0) is 14.7. The molecule has 0 aliphatic carbocycles. The van der Waals surface area contributed by atoms with Crippen LogP contribution >= 0.6 is 0 Å². The number of hydrogen-bond acceptors (Lipinski definition) is 5. The van der Waals surface area contributed by atoms with E-state index in [0.717, 1.165) is 17.9 Å². The fraction of sp³-hybridized carbons (Fsp3) is 0.533. The molecule has 0 saturated heterocycles. The molecular formula is C15H22N2O3. The van der Waals surface area contributed by atoms with Crippen molar-refractivity contribution in [2.24, 2.45) is 0 Å². The fourth-order valence-electron chi connectivity index (χ4n) is 2.22. The molecule has 0 amide bonds. The van der Waals surface area contributed by atoms with Gasteiger partial charge in [0.15, 0.2) is 0 Å². The van der Waals surface area contributed by atoms with Gasteiger partial charge in [0.25, 0.3) is 0 Å². The van der Waals surface area contributed by atoms with Gasteiger partial charge in [0.1, 0.15) is 24.1 Å². The van der Waals surface area contributed by atoms with Crippen molar-refractivity contribution in [3.05, 3.63) is 18.2 Å². The van der Waals surface area contributed by atoms with Crippen LogP contribution in [0.25, 0.3) is 0 Å². The van der Waals surface area contributed by atoms with Crippen molar-refractivity contribution in [2.45, 2.75) is 39.3 Å². The number of rotatable bonds is 4. The second-order valence-corrected chi connectivity index (χ2v) is 5.07. The van der Waals surface area contributed by atoms with Crippen molar-refractivity contribution in [1.29, 1.82) is 0 Å². The topological polar surface area (TPSA) is 64.8 Å². The molecule has 2 N–H and O–H groups in total. The average Bonchev–Trinajstić information content (AvgIpc) is 2.46. The lowest BCUT2D eigenvalue weighted by Crippen LogP contribution is -2.45. The fourth-order valence-corrected chi connectivity index (χ4v) is 2.22. The maximum atomic E-state index is 12.2. The molecular weight excluding hydrogens is 256 g/mol. The van der Waals surface area contributed by atoms with Crippen LogP contribution in [0.4, 0.5) is 11.4 Å². The first-order valence-electron chi connectivity index (χ1n) is 7.03. The molecule has 5 nitrogen and oxygen atoms in total. The molecule has 110 valence electrons. The van der Waals surface area contributed by atoms with Gasteiger partial charge in [-0.1, -0.05) is 13.0 Å². The summed E-state index contributed by atoms with van der Waals surface area (Å²) >= 11 is 0. The minimum absolute atomic E-state index is 0.0708. The minimum atomic E-state index is -0.378. The highest BCUT2D eigenvalue weighted by Crippen LogP contribution is 2.37. The van der Waals surface area contributed by atoms with E-state index in [-0.39, 0.29) is 18.1 Å². The molecule has 0 fully saturated rings. The summed E-state index contributed by atoms with van der Waals surface area (Å²) in [6.45, 7) is 6.89. The number of carbonyl (C=O) groups excluding carboxylic acids is 1. The number of carbonyl (C=O) groups is 1. The monoisotopic (exact) mass is 278 g/mol. The predicted octanol–water partition coefficient (Wildman–Crippen LogP) is 2.20. The van der Waals surface area contributed by atoms with Crippen LogP contribution in [-0.2, 0) is 9.53 Å². The van der Waals surface area contributed by atoms with E-state index < -0.39 is 0 Å². The summed E-state index contributed by atoms with van der Waals surface area (Å²) in [5, 5.41) is 0. The van der Waals surface area contributed by atoms with Gasteiger partial charge in [-0.05, 0) is 32.4 Å². The zero-order valence-corrected chi connectivity index (χ0v) is 12.3.